The highest BCUT2D eigenvalue weighted by atomic mass is 16.4. The molecule has 6 heteroatoms. The summed E-state index contributed by atoms with van der Waals surface area (Å²) in [5.74, 6) is -1.72. The van der Waals surface area contributed by atoms with Gasteiger partial charge in [-0.25, -0.2) is 4.79 Å². The summed E-state index contributed by atoms with van der Waals surface area (Å²) in [6.07, 6.45) is -0.275. The van der Waals surface area contributed by atoms with E-state index in [0.29, 0.717) is 5.69 Å². The zero-order valence-corrected chi connectivity index (χ0v) is 12.6. The van der Waals surface area contributed by atoms with E-state index in [-0.39, 0.29) is 6.42 Å². The van der Waals surface area contributed by atoms with E-state index in [1.165, 1.54) is 13.8 Å². The van der Waals surface area contributed by atoms with E-state index in [0.717, 1.165) is 11.1 Å². The summed E-state index contributed by atoms with van der Waals surface area (Å²) < 4.78 is 0. The quantitative estimate of drug-likeness (QED) is 0.794. The van der Waals surface area contributed by atoms with Crippen LogP contribution >= 0.6 is 0 Å². The molecule has 0 unspecified atom stereocenters. The summed E-state index contributed by atoms with van der Waals surface area (Å²) in [5.41, 5.74) is 1.32. The van der Waals surface area contributed by atoms with Crippen molar-refractivity contribution in [2.45, 2.75) is 34.1 Å². The van der Waals surface area contributed by atoms with Crippen LogP contribution in [-0.2, 0) is 9.59 Å². The molecule has 0 spiro atoms. The van der Waals surface area contributed by atoms with E-state index < -0.39 is 23.3 Å². The van der Waals surface area contributed by atoms with E-state index in [9.17, 15) is 14.4 Å². The van der Waals surface area contributed by atoms with Crippen LogP contribution < -0.4 is 10.6 Å². The molecule has 0 aromatic heterocycles. The van der Waals surface area contributed by atoms with Crippen molar-refractivity contribution >= 4 is 23.6 Å². The van der Waals surface area contributed by atoms with Gasteiger partial charge in [0.25, 0.3) is 0 Å². The highest BCUT2D eigenvalue weighted by Crippen LogP contribution is 2.20. The molecule has 0 saturated heterocycles. The van der Waals surface area contributed by atoms with Crippen LogP contribution in [0.3, 0.4) is 0 Å². The summed E-state index contributed by atoms with van der Waals surface area (Å²) in [7, 11) is 0. The number of hydrogen-bond donors (Lipinski definition) is 3. The number of anilines is 1. The number of carbonyl (C=O) groups is 3. The van der Waals surface area contributed by atoms with Crippen LogP contribution in [0.2, 0.25) is 0 Å². The molecule has 1 rings (SSSR count). The maximum Gasteiger partial charge on any atom is 0.325 e. The number of nitrogens with one attached hydrogen (secondary N) is 2. The van der Waals surface area contributed by atoms with Gasteiger partial charge in [0.05, 0.1) is 5.41 Å². The molecule has 114 valence electrons. The van der Waals surface area contributed by atoms with Crippen molar-refractivity contribution in [2.75, 3.05) is 5.32 Å². The van der Waals surface area contributed by atoms with Gasteiger partial charge in [-0.3, -0.25) is 14.9 Å². The second kappa shape index (κ2) is 6.39. The molecule has 0 aliphatic carbocycles. The Balaban J connectivity index is 2.64. The predicted octanol–water partition coefficient (Wildman–Crippen LogP) is 2.45. The van der Waals surface area contributed by atoms with Gasteiger partial charge < -0.3 is 10.4 Å². The lowest BCUT2D eigenvalue weighted by Crippen LogP contribution is -2.38. The minimum atomic E-state index is -1.22. The highest BCUT2D eigenvalue weighted by Gasteiger charge is 2.30. The number of hydrogen-bond acceptors (Lipinski definition) is 3. The third kappa shape index (κ3) is 4.59. The first-order chi connectivity index (χ1) is 9.63. The van der Waals surface area contributed by atoms with Crippen LogP contribution in [0.4, 0.5) is 10.5 Å². The third-order valence-electron chi connectivity index (χ3n) is 3.29. The SMILES string of the molecule is Cc1cccc(NC(=O)NC(=O)CC(C)(C)C(=O)O)c1C. The maximum atomic E-state index is 11.8. The molecule has 0 atom stereocenters. The van der Waals surface area contributed by atoms with E-state index in [2.05, 4.69) is 10.6 Å². The minimum absolute atomic E-state index is 0.275. The number of imide groups is 1. The minimum Gasteiger partial charge on any atom is -0.481 e. The first-order valence-electron chi connectivity index (χ1n) is 6.54. The molecule has 3 amide bonds. The fraction of sp³-hybridized carbons (Fsp3) is 0.400. The number of aryl methyl sites for hydroxylation is 1. The van der Waals surface area contributed by atoms with Crippen molar-refractivity contribution in [3.05, 3.63) is 29.3 Å². The molecule has 3 N–H and O–H groups in total. The van der Waals surface area contributed by atoms with Gasteiger partial charge in [0.1, 0.15) is 0 Å². The summed E-state index contributed by atoms with van der Waals surface area (Å²) in [5, 5.41) is 13.7. The lowest BCUT2D eigenvalue weighted by molar-refractivity contribution is -0.149. The topological polar surface area (TPSA) is 95.5 Å². The average molecular weight is 292 g/mol. The van der Waals surface area contributed by atoms with Crippen LogP contribution in [0, 0.1) is 19.3 Å². The molecule has 6 nitrogen and oxygen atoms in total. The molecule has 1 aromatic carbocycles. The van der Waals surface area contributed by atoms with Gasteiger partial charge in [-0.2, -0.15) is 0 Å². The normalized spacial score (nSPS) is 10.9. The fourth-order valence-corrected chi connectivity index (χ4v) is 1.69. The van der Waals surface area contributed by atoms with Crippen LogP contribution in [0.5, 0.6) is 0 Å². The van der Waals surface area contributed by atoms with Crippen molar-refractivity contribution in [2.24, 2.45) is 5.41 Å². The number of benzene rings is 1. The van der Waals surface area contributed by atoms with E-state index in [4.69, 9.17) is 5.11 Å². The van der Waals surface area contributed by atoms with E-state index >= 15 is 0 Å². The summed E-state index contributed by atoms with van der Waals surface area (Å²) >= 11 is 0. The van der Waals surface area contributed by atoms with Crippen molar-refractivity contribution in [1.82, 2.24) is 5.32 Å². The molecule has 0 bridgehead atoms. The molecular formula is C15H20N2O4. The van der Waals surface area contributed by atoms with Crippen molar-refractivity contribution in [3.63, 3.8) is 0 Å². The Labute approximate surface area is 123 Å². The van der Waals surface area contributed by atoms with Gasteiger partial charge in [0, 0.05) is 12.1 Å². The molecule has 0 saturated carbocycles. The number of rotatable bonds is 4. The summed E-state index contributed by atoms with van der Waals surface area (Å²) in [6, 6.07) is 4.77. The first kappa shape index (κ1) is 16.7. The molecule has 0 fully saturated rings. The van der Waals surface area contributed by atoms with Crippen molar-refractivity contribution in [1.29, 1.82) is 0 Å². The Hall–Kier alpha value is -2.37. The number of amides is 3. The summed E-state index contributed by atoms with van der Waals surface area (Å²) in [4.78, 5) is 34.4. The van der Waals surface area contributed by atoms with Crippen molar-refractivity contribution < 1.29 is 19.5 Å². The Morgan fingerprint density at radius 1 is 1.19 bits per heavy atom. The second-order valence-corrected chi connectivity index (χ2v) is 5.62. The predicted molar refractivity (Wildman–Crippen MR) is 79.1 cm³/mol. The highest BCUT2D eigenvalue weighted by molar-refractivity contribution is 6.02. The Bertz CT molecular complexity index is 579. The Morgan fingerprint density at radius 3 is 2.38 bits per heavy atom. The first-order valence-corrected chi connectivity index (χ1v) is 6.54. The molecule has 1 aromatic rings. The molecule has 0 aliphatic heterocycles. The molecule has 0 aliphatic rings. The van der Waals surface area contributed by atoms with Crippen molar-refractivity contribution in [3.8, 4) is 0 Å². The van der Waals surface area contributed by atoms with Gasteiger partial charge in [0.15, 0.2) is 0 Å². The lowest BCUT2D eigenvalue weighted by Gasteiger charge is -2.18. The van der Waals surface area contributed by atoms with Crippen LogP contribution in [0.1, 0.15) is 31.4 Å². The van der Waals surface area contributed by atoms with Crippen LogP contribution in [-0.4, -0.2) is 23.0 Å². The molecule has 21 heavy (non-hydrogen) atoms. The number of carboxylic acids is 1. The third-order valence-corrected chi connectivity index (χ3v) is 3.29. The van der Waals surface area contributed by atoms with Gasteiger partial charge in [0.2, 0.25) is 5.91 Å². The van der Waals surface area contributed by atoms with Gasteiger partial charge in [-0.15, -0.1) is 0 Å². The zero-order chi connectivity index (χ0) is 16.2. The monoisotopic (exact) mass is 292 g/mol. The van der Waals surface area contributed by atoms with E-state index in [1.807, 2.05) is 19.9 Å². The standard InChI is InChI=1S/C15H20N2O4/c1-9-6-5-7-11(10(9)2)16-14(21)17-12(18)8-15(3,4)13(19)20/h5-7H,8H2,1-4H3,(H,19,20)(H2,16,17,18,21). The molecule has 0 radical (unpaired) electrons. The number of carbonyl (C=O) groups excluding carboxylic acids is 2. The largest absolute Gasteiger partial charge is 0.481 e. The van der Waals surface area contributed by atoms with Crippen LogP contribution in [0.15, 0.2) is 18.2 Å². The van der Waals surface area contributed by atoms with E-state index in [1.54, 1.807) is 12.1 Å². The van der Waals surface area contributed by atoms with Crippen LogP contribution in [0.25, 0.3) is 0 Å². The smallest absolute Gasteiger partial charge is 0.325 e. The second-order valence-electron chi connectivity index (χ2n) is 5.62. The average Bonchev–Trinajstić information content (AvgIpc) is 2.33. The summed E-state index contributed by atoms with van der Waals surface area (Å²) in [6.45, 7) is 6.63. The molecular weight excluding hydrogens is 272 g/mol. The van der Waals surface area contributed by atoms with Gasteiger partial charge in [-0.05, 0) is 44.9 Å². The zero-order valence-electron chi connectivity index (χ0n) is 12.6. The maximum absolute atomic E-state index is 11.8. The van der Waals surface area contributed by atoms with Gasteiger partial charge in [-0.1, -0.05) is 12.1 Å². The number of carboxylic acid groups (broad SMARTS) is 1. The fourth-order valence-electron chi connectivity index (χ4n) is 1.69. The number of urea groups is 1. The van der Waals surface area contributed by atoms with Gasteiger partial charge >= 0.3 is 12.0 Å². The number of aliphatic carboxylic acids is 1. The Kier molecular flexibility index (Phi) is 5.07. The molecule has 0 heterocycles. The Morgan fingerprint density at radius 2 is 1.81 bits per heavy atom. The lowest BCUT2D eigenvalue weighted by atomic mass is 9.89.